The summed E-state index contributed by atoms with van der Waals surface area (Å²) in [5, 5.41) is 1.05. The second-order valence-electron chi connectivity index (χ2n) is 4.91. The fourth-order valence-electron chi connectivity index (χ4n) is 2.62. The first-order valence-corrected chi connectivity index (χ1v) is 8.19. The molecule has 0 saturated carbocycles. The molecule has 1 aliphatic heterocycles. The summed E-state index contributed by atoms with van der Waals surface area (Å²) >= 11 is 7.17. The molecule has 4 heteroatoms. The number of likely N-dealkylation sites (tertiary alicyclic amines) is 1. The van der Waals surface area contributed by atoms with Gasteiger partial charge in [-0.1, -0.05) is 38.8 Å². The number of rotatable bonds is 4. The van der Waals surface area contributed by atoms with Crippen LogP contribution in [0, 0.1) is 5.92 Å². The number of benzene rings is 1. The van der Waals surface area contributed by atoms with Gasteiger partial charge in [0.2, 0.25) is 0 Å². The quantitative estimate of drug-likeness (QED) is 0.734. The number of methoxy groups -OCH3 is 1. The minimum atomic E-state index is 0.633. The van der Waals surface area contributed by atoms with E-state index < -0.39 is 0 Å². The number of hydrogen-bond donors (Lipinski definition) is 0. The lowest BCUT2D eigenvalue weighted by molar-refractivity contribution is 0.240. The summed E-state index contributed by atoms with van der Waals surface area (Å²) in [6.07, 6.45) is 1.28. The van der Waals surface area contributed by atoms with Gasteiger partial charge in [-0.3, -0.25) is 4.90 Å². The van der Waals surface area contributed by atoms with Gasteiger partial charge < -0.3 is 4.74 Å². The normalized spacial score (nSPS) is 24.4. The fourth-order valence-corrected chi connectivity index (χ4v) is 4.08. The Balaban J connectivity index is 2.16. The van der Waals surface area contributed by atoms with Crippen molar-refractivity contribution < 1.29 is 4.74 Å². The van der Waals surface area contributed by atoms with Crippen LogP contribution in [0.2, 0.25) is 0 Å². The van der Waals surface area contributed by atoms with Crippen LogP contribution < -0.4 is 4.74 Å². The summed E-state index contributed by atoms with van der Waals surface area (Å²) in [7, 11) is 1.74. The second kappa shape index (κ2) is 6.40. The second-order valence-corrected chi connectivity index (χ2v) is 6.48. The smallest absolute Gasteiger partial charge is 0.123 e. The van der Waals surface area contributed by atoms with E-state index in [0.29, 0.717) is 6.04 Å². The molecular formula is C14H19Br2NO. The van der Waals surface area contributed by atoms with Gasteiger partial charge in [-0.15, -0.1) is 0 Å². The summed E-state index contributed by atoms with van der Waals surface area (Å²) < 4.78 is 6.56. The zero-order valence-corrected chi connectivity index (χ0v) is 14.0. The van der Waals surface area contributed by atoms with Crippen LogP contribution in [0.25, 0.3) is 0 Å². The van der Waals surface area contributed by atoms with Crippen molar-refractivity contribution in [2.45, 2.75) is 25.9 Å². The highest BCUT2D eigenvalue weighted by atomic mass is 79.9. The Morgan fingerprint density at radius 1 is 1.44 bits per heavy atom. The van der Waals surface area contributed by atoms with Gasteiger partial charge in [-0.05, 0) is 37.1 Å². The van der Waals surface area contributed by atoms with Crippen LogP contribution >= 0.6 is 31.9 Å². The maximum Gasteiger partial charge on any atom is 0.123 e. The standard InChI is InChI=1S/C14H19Br2NO/c1-10-5-6-17(13(10)8-15)9-11-7-12(16)3-4-14(11)18-2/h3-4,7,10,13H,5-6,8-9H2,1-2H3. The first-order valence-electron chi connectivity index (χ1n) is 6.28. The SMILES string of the molecule is COc1ccc(Br)cc1CN1CCC(C)C1CBr. The van der Waals surface area contributed by atoms with Crippen molar-refractivity contribution in [2.75, 3.05) is 19.0 Å². The van der Waals surface area contributed by atoms with E-state index in [2.05, 4.69) is 49.7 Å². The van der Waals surface area contributed by atoms with Crippen molar-refractivity contribution in [3.05, 3.63) is 28.2 Å². The Kier molecular flexibility index (Phi) is 5.10. The predicted molar refractivity (Wildman–Crippen MR) is 82.5 cm³/mol. The number of halogens is 2. The largest absolute Gasteiger partial charge is 0.496 e. The number of alkyl halides is 1. The highest BCUT2D eigenvalue weighted by Crippen LogP contribution is 2.30. The van der Waals surface area contributed by atoms with Crippen LogP contribution in [0.15, 0.2) is 22.7 Å². The van der Waals surface area contributed by atoms with E-state index in [1.54, 1.807) is 7.11 Å². The molecule has 2 atom stereocenters. The summed E-state index contributed by atoms with van der Waals surface area (Å²) in [4.78, 5) is 2.55. The van der Waals surface area contributed by atoms with E-state index in [-0.39, 0.29) is 0 Å². The van der Waals surface area contributed by atoms with Crippen LogP contribution in [-0.2, 0) is 6.54 Å². The van der Waals surface area contributed by atoms with Crippen LogP contribution in [-0.4, -0.2) is 29.9 Å². The van der Waals surface area contributed by atoms with Gasteiger partial charge in [0.05, 0.1) is 7.11 Å². The van der Waals surface area contributed by atoms with Crippen molar-refractivity contribution in [3.8, 4) is 5.75 Å². The summed E-state index contributed by atoms with van der Waals surface area (Å²) in [5.41, 5.74) is 1.26. The molecule has 1 saturated heterocycles. The first-order chi connectivity index (χ1) is 8.65. The molecular weight excluding hydrogens is 358 g/mol. The summed E-state index contributed by atoms with van der Waals surface area (Å²) in [5.74, 6) is 1.74. The van der Waals surface area contributed by atoms with Crippen LogP contribution in [0.3, 0.4) is 0 Å². The molecule has 18 heavy (non-hydrogen) atoms. The van der Waals surface area contributed by atoms with E-state index in [0.717, 1.165) is 28.0 Å². The topological polar surface area (TPSA) is 12.5 Å². The van der Waals surface area contributed by atoms with E-state index in [4.69, 9.17) is 4.74 Å². The molecule has 1 heterocycles. The van der Waals surface area contributed by atoms with Crippen molar-refractivity contribution in [2.24, 2.45) is 5.92 Å². The van der Waals surface area contributed by atoms with Crippen LogP contribution in [0.5, 0.6) is 5.75 Å². The molecule has 2 unspecified atom stereocenters. The zero-order valence-electron chi connectivity index (χ0n) is 10.8. The van der Waals surface area contributed by atoms with Crippen molar-refractivity contribution >= 4 is 31.9 Å². The van der Waals surface area contributed by atoms with Crippen molar-refractivity contribution in [3.63, 3.8) is 0 Å². The Hall–Kier alpha value is -0.0600. The molecule has 0 spiro atoms. The molecule has 100 valence electrons. The minimum Gasteiger partial charge on any atom is -0.496 e. The molecule has 0 radical (unpaired) electrons. The predicted octanol–water partition coefficient (Wildman–Crippen LogP) is 4.06. The highest BCUT2D eigenvalue weighted by Gasteiger charge is 2.30. The molecule has 1 aromatic rings. The monoisotopic (exact) mass is 375 g/mol. The first kappa shape index (κ1) is 14.4. The minimum absolute atomic E-state index is 0.633. The van der Waals surface area contributed by atoms with Crippen molar-refractivity contribution in [1.29, 1.82) is 0 Å². The van der Waals surface area contributed by atoms with Gasteiger partial charge in [0.15, 0.2) is 0 Å². The molecule has 0 aliphatic carbocycles. The van der Waals surface area contributed by atoms with E-state index in [1.165, 1.54) is 18.5 Å². The average Bonchev–Trinajstić information content (AvgIpc) is 2.70. The summed E-state index contributed by atoms with van der Waals surface area (Å²) in [6.45, 7) is 4.47. The number of hydrogen-bond acceptors (Lipinski definition) is 2. The Morgan fingerprint density at radius 3 is 2.89 bits per heavy atom. The average molecular weight is 377 g/mol. The molecule has 0 amide bonds. The van der Waals surface area contributed by atoms with E-state index in [9.17, 15) is 0 Å². The van der Waals surface area contributed by atoms with E-state index >= 15 is 0 Å². The number of nitrogens with zero attached hydrogens (tertiary/aromatic N) is 1. The molecule has 0 N–H and O–H groups in total. The zero-order chi connectivity index (χ0) is 13.1. The third-order valence-corrected chi connectivity index (χ3v) is 4.93. The van der Waals surface area contributed by atoms with Crippen molar-refractivity contribution in [1.82, 2.24) is 4.90 Å². The molecule has 2 nitrogen and oxygen atoms in total. The summed E-state index contributed by atoms with van der Waals surface area (Å²) in [6, 6.07) is 6.85. The van der Waals surface area contributed by atoms with Gasteiger partial charge in [0, 0.05) is 28.0 Å². The molecule has 2 rings (SSSR count). The maximum atomic E-state index is 5.45. The highest BCUT2D eigenvalue weighted by molar-refractivity contribution is 9.10. The third kappa shape index (κ3) is 3.09. The third-order valence-electron chi connectivity index (χ3n) is 3.77. The van der Waals surface area contributed by atoms with Crippen LogP contribution in [0.4, 0.5) is 0 Å². The van der Waals surface area contributed by atoms with Gasteiger partial charge in [0.25, 0.3) is 0 Å². The maximum absolute atomic E-state index is 5.45. The Bertz CT molecular complexity index is 411. The van der Waals surface area contributed by atoms with E-state index in [1.807, 2.05) is 12.1 Å². The van der Waals surface area contributed by atoms with Gasteiger partial charge in [0.1, 0.15) is 5.75 Å². The molecule has 1 aromatic carbocycles. The lowest BCUT2D eigenvalue weighted by Crippen LogP contribution is -2.33. The van der Waals surface area contributed by atoms with Crippen LogP contribution in [0.1, 0.15) is 18.9 Å². The molecule has 0 aromatic heterocycles. The molecule has 0 bridgehead atoms. The van der Waals surface area contributed by atoms with Gasteiger partial charge >= 0.3 is 0 Å². The molecule has 1 aliphatic rings. The Labute approximate surface area is 126 Å². The lowest BCUT2D eigenvalue weighted by atomic mass is 10.0. The number of ether oxygens (including phenoxy) is 1. The van der Waals surface area contributed by atoms with Gasteiger partial charge in [-0.2, -0.15) is 0 Å². The fraction of sp³-hybridized carbons (Fsp3) is 0.571. The Morgan fingerprint density at radius 2 is 2.22 bits per heavy atom. The van der Waals surface area contributed by atoms with Gasteiger partial charge in [-0.25, -0.2) is 0 Å². The molecule has 1 fully saturated rings. The lowest BCUT2D eigenvalue weighted by Gasteiger charge is -2.25.